The minimum Gasteiger partial charge on any atom is -0.483 e. The topological polar surface area (TPSA) is 151 Å². The van der Waals surface area contributed by atoms with Crippen LogP contribution in [0.25, 0.3) is 6.08 Å². The summed E-state index contributed by atoms with van der Waals surface area (Å²) in [6.07, 6.45) is 1.49. The number of amides is 4. The van der Waals surface area contributed by atoms with Crippen LogP contribution in [0.15, 0.2) is 71.6 Å². The van der Waals surface area contributed by atoms with Crippen LogP contribution in [-0.2, 0) is 14.4 Å². The molecule has 2 N–H and O–H groups in total. The fourth-order valence-electron chi connectivity index (χ4n) is 4.25. The van der Waals surface area contributed by atoms with Gasteiger partial charge in [0.25, 0.3) is 22.7 Å². The molecule has 12 nitrogen and oxygen atoms in total. The number of hydrogen-bond acceptors (Lipinski definition) is 9. The van der Waals surface area contributed by atoms with Gasteiger partial charge in [-0.15, -0.1) is 0 Å². The van der Waals surface area contributed by atoms with Gasteiger partial charge in [-0.05, 0) is 96.7 Å². The first-order valence-corrected chi connectivity index (χ1v) is 15.3. The molecule has 4 rings (SSSR count). The summed E-state index contributed by atoms with van der Waals surface area (Å²) in [5, 5.41) is 15.7. The summed E-state index contributed by atoms with van der Waals surface area (Å²) in [5.41, 5.74) is 1.88. The third kappa shape index (κ3) is 8.35. The molecule has 1 saturated heterocycles. The highest BCUT2D eigenvalue weighted by molar-refractivity contribution is 14.1. The third-order valence-electron chi connectivity index (χ3n) is 6.42. The molecule has 1 aliphatic rings. The van der Waals surface area contributed by atoms with Gasteiger partial charge in [-0.2, -0.15) is 0 Å². The van der Waals surface area contributed by atoms with E-state index in [1.807, 2.05) is 32.0 Å². The summed E-state index contributed by atoms with van der Waals surface area (Å²) >= 11 is 2.84. The lowest BCUT2D eigenvalue weighted by atomic mass is 10.1. The minimum absolute atomic E-state index is 0.0959. The molecular weight excluding hydrogens is 701 g/mol. The van der Waals surface area contributed by atoms with Crippen LogP contribution in [0.3, 0.4) is 0 Å². The summed E-state index contributed by atoms with van der Waals surface area (Å²) in [6.45, 7) is 4.54. The largest absolute Gasteiger partial charge is 0.483 e. The second kappa shape index (κ2) is 14.8. The van der Waals surface area contributed by atoms with Crippen LogP contribution in [0.4, 0.5) is 27.5 Å². The highest BCUT2D eigenvalue weighted by Crippen LogP contribution is 2.35. The maximum absolute atomic E-state index is 13.2. The fourth-order valence-corrected chi connectivity index (χ4v) is 5.43. The smallest absolute Gasteiger partial charge is 0.294 e. The lowest BCUT2D eigenvalue weighted by Crippen LogP contribution is -2.36. The Kier molecular flexibility index (Phi) is 10.9. The van der Waals surface area contributed by atoms with Crippen molar-refractivity contribution in [2.24, 2.45) is 0 Å². The van der Waals surface area contributed by atoms with Crippen LogP contribution in [0.5, 0.6) is 5.75 Å². The molecule has 3 aromatic rings. The second-order valence-electron chi connectivity index (χ2n) is 9.36. The Bertz CT molecular complexity index is 1630. The molecule has 0 bridgehead atoms. The SMILES string of the molecule is CCN(CC)c1ccc(/C=C2/SC(=O)N(CC(=O)Nc3ccc(I)cc3)C2=O)c(OCC(=O)Nc2cccc([N+](=O)[O-])c2)c1. The van der Waals surface area contributed by atoms with Gasteiger partial charge in [-0.25, -0.2) is 0 Å². The molecule has 4 amide bonds. The van der Waals surface area contributed by atoms with Crippen molar-refractivity contribution in [1.82, 2.24) is 4.90 Å². The van der Waals surface area contributed by atoms with E-state index in [2.05, 4.69) is 38.1 Å². The number of ether oxygens (including phenoxy) is 1. The number of nitro groups is 1. The molecular formula is C30H28IN5O7S. The first-order chi connectivity index (χ1) is 21.1. The normalized spacial score (nSPS) is 13.6. The van der Waals surface area contributed by atoms with E-state index in [4.69, 9.17) is 4.74 Å². The average Bonchev–Trinajstić information content (AvgIpc) is 3.26. The average molecular weight is 730 g/mol. The molecule has 228 valence electrons. The van der Waals surface area contributed by atoms with Crippen LogP contribution in [0.2, 0.25) is 0 Å². The Hall–Kier alpha value is -4.44. The maximum atomic E-state index is 13.2. The van der Waals surface area contributed by atoms with E-state index >= 15 is 0 Å². The number of nitrogens with zero attached hydrogens (tertiary/aromatic N) is 3. The number of rotatable bonds is 12. The highest BCUT2D eigenvalue weighted by Gasteiger charge is 2.36. The monoisotopic (exact) mass is 729 g/mol. The Labute approximate surface area is 271 Å². The van der Waals surface area contributed by atoms with Crippen LogP contribution >= 0.6 is 34.4 Å². The van der Waals surface area contributed by atoms with Gasteiger partial charge in [0.15, 0.2) is 6.61 Å². The lowest BCUT2D eigenvalue weighted by Gasteiger charge is -2.22. The van der Waals surface area contributed by atoms with E-state index in [9.17, 15) is 29.3 Å². The molecule has 0 aromatic heterocycles. The van der Waals surface area contributed by atoms with Gasteiger partial charge in [-0.1, -0.05) is 6.07 Å². The van der Waals surface area contributed by atoms with Crippen LogP contribution < -0.4 is 20.3 Å². The van der Waals surface area contributed by atoms with E-state index < -0.39 is 41.0 Å². The number of thioether (sulfide) groups is 1. The molecule has 3 aromatic carbocycles. The fraction of sp³-hybridized carbons (Fsp3) is 0.200. The Morgan fingerprint density at radius 3 is 2.39 bits per heavy atom. The van der Waals surface area contributed by atoms with E-state index in [0.29, 0.717) is 36.1 Å². The Morgan fingerprint density at radius 1 is 1.00 bits per heavy atom. The highest BCUT2D eigenvalue weighted by atomic mass is 127. The number of benzene rings is 3. The van der Waals surface area contributed by atoms with Gasteiger partial charge in [0, 0.05) is 57.5 Å². The van der Waals surface area contributed by atoms with Crippen molar-refractivity contribution < 1.29 is 28.8 Å². The van der Waals surface area contributed by atoms with Crippen molar-refractivity contribution in [3.05, 3.63) is 90.9 Å². The maximum Gasteiger partial charge on any atom is 0.294 e. The number of imide groups is 1. The number of nitrogens with one attached hydrogen (secondary N) is 2. The third-order valence-corrected chi connectivity index (χ3v) is 8.04. The van der Waals surface area contributed by atoms with Gasteiger partial charge < -0.3 is 20.3 Å². The predicted molar refractivity (Wildman–Crippen MR) is 178 cm³/mol. The van der Waals surface area contributed by atoms with E-state index in [0.717, 1.165) is 14.2 Å². The van der Waals surface area contributed by atoms with E-state index in [1.165, 1.54) is 30.3 Å². The van der Waals surface area contributed by atoms with Crippen LogP contribution in [-0.4, -0.2) is 59.0 Å². The number of non-ortho nitro benzene ring substituents is 1. The molecule has 0 spiro atoms. The van der Waals surface area contributed by atoms with Gasteiger partial charge in [0.2, 0.25) is 5.91 Å². The lowest BCUT2D eigenvalue weighted by molar-refractivity contribution is -0.384. The zero-order valence-electron chi connectivity index (χ0n) is 23.7. The van der Waals surface area contributed by atoms with Crippen molar-refractivity contribution in [3.63, 3.8) is 0 Å². The molecule has 0 radical (unpaired) electrons. The Morgan fingerprint density at radius 2 is 1.70 bits per heavy atom. The second-order valence-corrected chi connectivity index (χ2v) is 11.6. The standard InChI is InChI=1S/C30H28IN5O7S/c1-3-34(4-2)23-13-8-19(25(16-23)43-18-28(38)33-22-6-5-7-24(15-22)36(41)42)14-26-29(39)35(30(40)44-26)17-27(37)32-21-11-9-20(31)10-12-21/h5-16H,3-4,17-18H2,1-2H3,(H,32,37)(H,33,38)/b26-14+. The number of carbonyl (C=O) groups excluding carboxylic acids is 4. The summed E-state index contributed by atoms with van der Waals surface area (Å²) < 4.78 is 6.86. The van der Waals surface area contributed by atoms with Crippen molar-refractivity contribution in [1.29, 1.82) is 0 Å². The zero-order chi connectivity index (χ0) is 31.8. The quantitative estimate of drug-likeness (QED) is 0.103. The summed E-state index contributed by atoms with van der Waals surface area (Å²) in [7, 11) is 0. The molecule has 0 unspecified atom stereocenters. The number of carbonyl (C=O) groups is 4. The van der Waals surface area contributed by atoms with Gasteiger partial charge in [0.1, 0.15) is 12.3 Å². The molecule has 0 atom stereocenters. The molecule has 0 aliphatic carbocycles. The number of hydrogen-bond donors (Lipinski definition) is 2. The van der Waals surface area contributed by atoms with Crippen LogP contribution in [0, 0.1) is 13.7 Å². The zero-order valence-corrected chi connectivity index (χ0v) is 26.7. The van der Waals surface area contributed by atoms with Gasteiger partial charge >= 0.3 is 0 Å². The summed E-state index contributed by atoms with van der Waals surface area (Å²) in [5.74, 6) is -1.41. The number of nitro benzene ring substituents is 1. The van der Waals surface area contributed by atoms with Crippen LogP contribution in [0.1, 0.15) is 19.4 Å². The number of anilines is 3. The molecule has 44 heavy (non-hydrogen) atoms. The molecule has 1 aliphatic heterocycles. The van der Waals surface area contributed by atoms with Crippen molar-refractivity contribution in [2.45, 2.75) is 13.8 Å². The summed E-state index contributed by atoms with van der Waals surface area (Å²) in [4.78, 5) is 64.6. The first-order valence-electron chi connectivity index (χ1n) is 13.4. The van der Waals surface area contributed by atoms with Crippen molar-refractivity contribution in [3.8, 4) is 5.75 Å². The molecule has 1 fully saturated rings. The van der Waals surface area contributed by atoms with Crippen molar-refractivity contribution in [2.75, 3.05) is 41.8 Å². The van der Waals surface area contributed by atoms with Gasteiger partial charge in [-0.3, -0.25) is 34.2 Å². The minimum atomic E-state index is -0.625. The van der Waals surface area contributed by atoms with Crippen molar-refractivity contribution >= 4 is 86.1 Å². The predicted octanol–water partition coefficient (Wildman–Crippen LogP) is 5.74. The molecule has 1 heterocycles. The van der Waals surface area contributed by atoms with Gasteiger partial charge in [0.05, 0.1) is 9.83 Å². The van der Waals surface area contributed by atoms with E-state index in [-0.39, 0.29) is 22.0 Å². The Balaban J connectivity index is 1.51. The molecule has 14 heteroatoms. The first kappa shape index (κ1) is 32.5. The number of halogens is 1. The van der Waals surface area contributed by atoms with E-state index in [1.54, 1.807) is 24.3 Å². The summed E-state index contributed by atoms with van der Waals surface area (Å²) in [6, 6.07) is 17.9. The molecule has 0 saturated carbocycles.